The summed E-state index contributed by atoms with van der Waals surface area (Å²) in [6.07, 6.45) is 3.31. The van der Waals surface area contributed by atoms with Gasteiger partial charge in [0.25, 0.3) is 11.8 Å². The molecule has 1 heterocycles. The van der Waals surface area contributed by atoms with Crippen LogP contribution in [-0.2, 0) is 0 Å². The van der Waals surface area contributed by atoms with Gasteiger partial charge in [0.1, 0.15) is 5.75 Å². The Bertz CT molecular complexity index is 859. The number of hydrogen-bond donors (Lipinski definition) is 1. The number of nitrogens with zero attached hydrogens (tertiary/aromatic N) is 1. The second kappa shape index (κ2) is 9.92. The van der Waals surface area contributed by atoms with Crippen molar-refractivity contribution in [3.8, 4) is 5.75 Å². The van der Waals surface area contributed by atoms with Gasteiger partial charge in [-0.05, 0) is 67.6 Å². The van der Waals surface area contributed by atoms with Crippen LogP contribution in [0.2, 0.25) is 0 Å². The maximum absolute atomic E-state index is 12.8. The van der Waals surface area contributed by atoms with E-state index >= 15 is 0 Å². The van der Waals surface area contributed by atoms with Crippen LogP contribution in [0.4, 0.5) is 5.69 Å². The number of carbonyl (C=O) groups excluding carboxylic acids is 2. The van der Waals surface area contributed by atoms with E-state index in [2.05, 4.69) is 35.1 Å². The minimum Gasteiger partial charge on any atom is -0.492 e. The van der Waals surface area contributed by atoms with Gasteiger partial charge >= 0.3 is 0 Å². The third kappa shape index (κ3) is 5.82. The molecular formula is C23H27BrN2O3. The van der Waals surface area contributed by atoms with Crippen LogP contribution in [0.15, 0.2) is 46.9 Å². The first-order chi connectivity index (χ1) is 13.9. The first-order valence-electron chi connectivity index (χ1n) is 10.1. The predicted molar refractivity (Wildman–Crippen MR) is 119 cm³/mol. The number of ether oxygens (including phenoxy) is 1. The van der Waals surface area contributed by atoms with E-state index in [1.807, 2.05) is 11.0 Å². The Kier molecular flexibility index (Phi) is 7.31. The largest absolute Gasteiger partial charge is 0.492 e. The molecule has 29 heavy (non-hydrogen) atoms. The van der Waals surface area contributed by atoms with Crippen LogP contribution in [-0.4, -0.2) is 36.4 Å². The molecule has 154 valence electrons. The van der Waals surface area contributed by atoms with Crippen LogP contribution in [0.3, 0.4) is 0 Å². The second-order valence-corrected chi connectivity index (χ2v) is 8.65. The van der Waals surface area contributed by atoms with Gasteiger partial charge in [0.2, 0.25) is 0 Å². The fraction of sp³-hybridized carbons (Fsp3) is 0.391. The third-order valence-corrected chi connectivity index (χ3v) is 5.28. The van der Waals surface area contributed by atoms with Crippen LogP contribution in [0.1, 0.15) is 53.8 Å². The molecule has 0 spiro atoms. The quantitative estimate of drug-likeness (QED) is 0.633. The smallest absolute Gasteiger partial charge is 0.259 e. The first kappa shape index (κ1) is 21.4. The maximum Gasteiger partial charge on any atom is 0.259 e. The third-order valence-electron chi connectivity index (χ3n) is 4.79. The number of rotatable bonds is 6. The van der Waals surface area contributed by atoms with Gasteiger partial charge in [-0.15, -0.1) is 0 Å². The number of nitrogens with one attached hydrogen (secondary N) is 1. The van der Waals surface area contributed by atoms with Gasteiger partial charge in [-0.2, -0.15) is 0 Å². The molecule has 2 aromatic rings. The molecule has 0 unspecified atom stereocenters. The van der Waals surface area contributed by atoms with Crippen molar-refractivity contribution in [2.75, 3.05) is 25.0 Å². The lowest BCUT2D eigenvalue weighted by Gasteiger charge is -2.26. The highest BCUT2D eigenvalue weighted by Crippen LogP contribution is 2.25. The molecule has 1 saturated heterocycles. The summed E-state index contributed by atoms with van der Waals surface area (Å²) in [6, 6.07) is 12.5. The molecule has 0 radical (unpaired) electrons. The molecule has 0 atom stereocenters. The van der Waals surface area contributed by atoms with Crippen molar-refractivity contribution in [2.24, 2.45) is 5.92 Å². The normalized spacial score (nSPS) is 14.0. The zero-order chi connectivity index (χ0) is 20.8. The Morgan fingerprint density at radius 2 is 1.76 bits per heavy atom. The zero-order valence-electron chi connectivity index (χ0n) is 16.9. The monoisotopic (exact) mass is 458 g/mol. The van der Waals surface area contributed by atoms with E-state index in [0.29, 0.717) is 35.1 Å². The number of carbonyl (C=O) groups is 2. The van der Waals surface area contributed by atoms with Crippen LogP contribution in [0.5, 0.6) is 5.75 Å². The van der Waals surface area contributed by atoms with Gasteiger partial charge < -0.3 is 15.0 Å². The van der Waals surface area contributed by atoms with Gasteiger partial charge in [-0.3, -0.25) is 9.59 Å². The molecule has 2 aromatic carbocycles. The Morgan fingerprint density at radius 1 is 1.07 bits per heavy atom. The SMILES string of the molecule is CC(C)COc1ccc(Br)cc1C(=O)Nc1ccc(C(=O)N2CCCCC2)cc1. The van der Waals surface area contributed by atoms with Crippen molar-refractivity contribution >= 4 is 33.4 Å². The Hall–Kier alpha value is -2.34. The molecule has 1 fully saturated rings. The average molecular weight is 459 g/mol. The van der Waals surface area contributed by atoms with Gasteiger partial charge in [0, 0.05) is 28.8 Å². The molecule has 0 aromatic heterocycles. The van der Waals surface area contributed by atoms with Crippen molar-refractivity contribution in [1.82, 2.24) is 4.90 Å². The van der Waals surface area contributed by atoms with E-state index in [-0.39, 0.29) is 11.8 Å². The van der Waals surface area contributed by atoms with Crippen molar-refractivity contribution in [3.05, 3.63) is 58.1 Å². The average Bonchev–Trinajstić information content (AvgIpc) is 2.73. The van der Waals surface area contributed by atoms with Crippen molar-refractivity contribution < 1.29 is 14.3 Å². The molecule has 1 aliphatic rings. The molecule has 2 amide bonds. The van der Waals surface area contributed by atoms with E-state index < -0.39 is 0 Å². The number of benzene rings is 2. The van der Waals surface area contributed by atoms with Crippen LogP contribution < -0.4 is 10.1 Å². The summed E-state index contributed by atoms with van der Waals surface area (Å²) >= 11 is 3.42. The summed E-state index contributed by atoms with van der Waals surface area (Å²) in [5.74, 6) is 0.718. The lowest BCUT2D eigenvalue weighted by molar-refractivity contribution is 0.0724. The van der Waals surface area contributed by atoms with Crippen molar-refractivity contribution in [2.45, 2.75) is 33.1 Å². The number of anilines is 1. The maximum atomic E-state index is 12.8. The Morgan fingerprint density at radius 3 is 2.41 bits per heavy atom. The second-order valence-electron chi connectivity index (χ2n) is 7.73. The highest BCUT2D eigenvalue weighted by molar-refractivity contribution is 9.10. The van der Waals surface area contributed by atoms with E-state index in [4.69, 9.17) is 4.74 Å². The van der Waals surface area contributed by atoms with Gasteiger partial charge in [0.05, 0.1) is 12.2 Å². The molecule has 0 saturated carbocycles. The molecule has 0 bridgehead atoms. The highest BCUT2D eigenvalue weighted by Gasteiger charge is 2.18. The Labute approximate surface area is 180 Å². The van der Waals surface area contributed by atoms with Crippen molar-refractivity contribution in [1.29, 1.82) is 0 Å². The number of hydrogen-bond acceptors (Lipinski definition) is 3. The van der Waals surface area contributed by atoms with Crippen molar-refractivity contribution in [3.63, 3.8) is 0 Å². The summed E-state index contributed by atoms with van der Waals surface area (Å²) < 4.78 is 6.61. The number of halogens is 1. The number of piperidine rings is 1. The minimum atomic E-state index is -0.250. The van der Waals surface area contributed by atoms with Crippen LogP contribution in [0, 0.1) is 5.92 Å². The molecule has 6 heteroatoms. The lowest BCUT2D eigenvalue weighted by Crippen LogP contribution is -2.35. The summed E-state index contributed by atoms with van der Waals surface area (Å²) in [5, 5.41) is 2.89. The van der Waals surface area contributed by atoms with E-state index in [9.17, 15) is 9.59 Å². The van der Waals surface area contributed by atoms with Gasteiger partial charge in [0.15, 0.2) is 0 Å². The van der Waals surface area contributed by atoms with Crippen LogP contribution in [0.25, 0.3) is 0 Å². The molecule has 1 aliphatic heterocycles. The van der Waals surface area contributed by atoms with E-state index in [1.54, 1.807) is 36.4 Å². The molecular weight excluding hydrogens is 432 g/mol. The van der Waals surface area contributed by atoms with Crippen LogP contribution >= 0.6 is 15.9 Å². The lowest BCUT2D eigenvalue weighted by atomic mass is 10.1. The summed E-state index contributed by atoms with van der Waals surface area (Å²) in [5.41, 5.74) is 1.75. The molecule has 0 aliphatic carbocycles. The standard InChI is InChI=1S/C23H27BrN2O3/c1-16(2)15-29-21-11-8-18(24)14-20(21)22(27)25-19-9-6-17(7-10-19)23(28)26-12-4-3-5-13-26/h6-11,14,16H,3-5,12-13,15H2,1-2H3,(H,25,27). The van der Waals surface area contributed by atoms with Gasteiger partial charge in [-0.1, -0.05) is 29.8 Å². The zero-order valence-corrected chi connectivity index (χ0v) is 18.5. The summed E-state index contributed by atoms with van der Waals surface area (Å²) in [6.45, 7) is 6.30. The Balaban J connectivity index is 1.69. The van der Waals surface area contributed by atoms with E-state index in [0.717, 1.165) is 30.4 Å². The number of likely N-dealkylation sites (tertiary alicyclic amines) is 1. The molecule has 3 rings (SSSR count). The summed E-state index contributed by atoms with van der Waals surface area (Å²) in [7, 11) is 0. The molecule has 1 N–H and O–H groups in total. The fourth-order valence-electron chi connectivity index (χ4n) is 3.24. The minimum absolute atomic E-state index is 0.0546. The summed E-state index contributed by atoms with van der Waals surface area (Å²) in [4.78, 5) is 27.3. The molecule has 5 nitrogen and oxygen atoms in total. The van der Waals surface area contributed by atoms with E-state index in [1.165, 1.54) is 6.42 Å². The highest BCUT2D eigenvalue weighted by atomic mass is 79.9. The number of amides is 2. The van der Waals surface area contributed by atoms with Gasteiger partial charge in [-0.25, -0.2) is 0 Å². The predicted octanol–water partition coefficient (Wildman–Crippen LogP) is 5.36. The first-order valence-corrected chi connectivity index (χ1v) is 10.9. The topological polar surface area (TPSA) is 58.6 Å². The fourth-order valence-corrected chi connectivity index (χ4v) is 3.60.